The molecule has 102 valence electrons. The summed E-state index contributed by atoms with van der Waals surface area (Å²) in [6.07, 6.45) is 2.47. The molecule has 1 aromatic carbocycles. The number of rotatable bonds is 4. The highest BCUT2D eigenvalue weighted by Gasteiger charge is 2.22. The standard InChI is InChI=1S/C15H20FN3/c1-18(11-14-4-3-7-19(14)2)10-13-6-5-12(9-17)8-15(13)16/h5-6,8,14H,3-4,7,10-11H2,1-2H3. The number of halogens is 1. The first-order valence-electron chi connectivity index (χ1n) is 6.67. The molecule has 1 aliphatic rings. The smallest absolute Gasteiger partial charge is 0.129 e. The molecule has 0 saturated carbocycles. The zero-order valence-electron chi connectivity index (χ0n) is 11.6. The van der Waals surface area contributed by atoms with Crippen molar-refractivity contribution < 1.29 is 4.39 Å². The van der Waals surface area contributed by atoms with Gasteiger partial charge in [-0.1, -0.05) is 6.07 Å². The van der Waals surface area contributed by atoms with Crippen molar-refractivity contribution in [1.29, 1.82) is 5.26 Å². The Morgan fingerprint density at radius 2 is 2.32 bits per heavy atom. The van der Waals surface area contributed by atoms with Crippen molar-refractivity contribution >= 4 is 0 Å². The zero-order chi connectivity index (χ0) is 13.8. The summed E-state index contributed by atoms with van der Waals surface area (Å²) < 4.78 is 13.8. The average molecular weight is 261 g/mol. The van der Waals surface area contributed by atoms with Gasteiger partial charge in [0.2, 0.25) is 0 Å². The minimum Gasteiger partial charge on any atom is -0.302 e. The lowest BCUT2D eigenvalue weighted by atomic mass is 10.1. The van der Waals surface area contributed by atoms with E-state index < -0.39 is 0 Å². The maximum absolute atomic E-state index is 13.8. The van der Waals surface area contributed by atoms with Gasteiger partial charge in [0.25, 0.3) is 0 Å². The van der Waals surface area contributed by atoms with E-state index in [4.69, 9.17) is 5.26 Å². The van der Waals surface area contributed by atoms with Crippen LogP contribution in [0.25, 0.3) is 0 Å². The number of nitriles is 1. The minimum atomic E-state index is -0.286. The fourth-order valence-electron chi connectivity index (χ4n) is 2.67. The van der Waals surface area contributed by atoms with Crippen molar-refractivity contribution in [3.8, 4) is 6.07 Å². The van der Waals surface area contributed by atoms with Crippen molar-refractivity contribution in [3.05, 3.63) is 35.1 Å². The van der Waals surface area contributed by atoms with Gasteiger partial charge >= 0.3 is 0 Å². The van der Waals surface area contributed by atoms with E-state index in [0.717, 1.165) is 13.1 Å². The van der Waals surface area contributed by atoms with E-state index in [-0.39, 0.29) is 5.82 Å². The molecule has 4 heteroatoms. The summed E-state index contributed by atoms with van der Waals surface area (Å²) in [5.41, 5.74) is 1.03. The Balaban J connectivity index is 1.95. The predicted molar refractivity (Wildman–Crippen MR) is 73.1 cm³/mol. The Morgan fingerprint density at radius 3 is 2.89 bits per heavy atom. The quantitative estimate of drug-likeness (QED) is 0.832. The zero-order valence-corrected chi connectivity index (χ0v) is 11.6. The molecule has 0 amide bonds. The van der Waals surface area contributed by atoms with E-state index >= 15 is 0 Å². The maximum atomic E-state index is 13.8. The molecule has 1 fully saturated rings. The molecule has 0 aliphatic carbocycles. The topological polar surface area (TPSA) is 30.3 Å². The number of hydrogen-bond donors (Lipinski definition) is 0. The lowest BCUT2D eigenvalue weighted by Crippen LogP contribution is -2.36. The number of nitrogens with zero attached hydrogens (tertiary/aromatic N) is 3. The summed E-state index contributed by atoms with van der Waals surface area (Å²) in [4.78, 5) is 4.52. The minimum absolute atomic E-state index is 0.286. The maximum Gasteiger partial charge on any atom is 0.129 e. The Labute approximate surface area is 114 Å². The monoisotopic (exact) mass is 261 g/mol. The third kappa shape index (κ3) is 3.52. The number of benzene rings is 1. The van der Waals surface area contributed by atoms with Gasteiger partial charge in [0.15, 0.2) is 0 Å². The summed E-state index contributed by atoms with van der Waals surface area (Å²) in [6.45, 7) is 2.70. The molecule has 2 rings (SSSR count). The average Bonchev–Trinajstić information content (AvgIpc) is 2.77. The molecule has 1 aliphatic heterocycles. The van der Waals surface area contributed by atoms with Crippen LogP contribution in [0.5, 0.6) is 0 Å². The summed E-state index contributed by atoms with van der Waals surface area (Å²) in [7, 11) is 4.16. The second kappa shape index (κ2) is 6.14. The molecule has 1 aromatic rings. The summed E-state index contributed by atoms with van der Waals surface area (Å²) in [6, 6.07) is 7.22. The van der Waals surface area contributed by atoms with Crippen LogP contribution in [-0.2, 0) is 6.54 Å². The number of likely N-dealkylation sites (N-methyl/N-ethyl adjacent to an activating group) is 2. The number of hydrogen-bond acceptors (Lipinski definition) is 3. The first-order valence-corrected chi connectivity index (χ1v) is 6.67. The van der Waals surface area contributed by atoms with Gasteiger partial charge in [0.05, 0.1) is 11.6 Å². The van der Waals surface area contributed by atoms with Crippen LogP contribution < -0.4 is 0 Å². The Morgan fingerprint density at radius 1 is 1.53 bits per heavy atom. The van der Waals surface area contributed by atoms with E-state index in [9.17, 15) is 4.39 Å². The van der Waals surface area contributed by atoms with Gasteiger partial charge in [0.1, 0.15) is 5.82 Å². The molecule has 3 nitrogen and oxygen atoms in total. The van der Waals surface area contributed by atoms with Crippen molar-refractivity contribution in [3.63, 3.8) is 0 Å². The molecule has 0 spiro atoms. The van der Waals surface area contributed by atoms with Gasteiger partial charge in [-0.25, -0.2) is 4.39 Å². The van der Waals surface area contributed by atoms with Crippen LogP contribution in [0.2, 0.25) is 0 Å². The van der Waals surface area contributed by atoms with Crippen LogP contribution in [0.15, 0.2) is 18.2 Å². The molecular formula is C15H20FN3. The Kier molecular flexibility index (Phi) is 4.52. The van der Waals surface area contributed by atoms with Gasteiger partial charge in [0, 0.05) is 24.7 Å². The van der Waals surface area contributed by atoms with Gasteiger partial charge in [-0.05, 0) is 45.6 Å². The molecule has 0 N–H and O–H groups in total. The van der Waals surface area contributed by atoms with Crippen molar-refractivity contribution in [1.82, 2.24) is 9.80 Å². The highest BCUT2D eigenvalue weighted by molar-refractivity contribution is 5.32. The van der Waals surface area contributed by atoms with Crippen LogP contribution >= 0.6 is 0 Å². The van der Waals surface area contributed by atoms with E-state index in [1.165, 1.54) is 18.9 Å². The van der Waals surface area contributed by atoms with E-state index in [0.29, 0.717) is 23.7 Å². The number of likely N-dealkylation sites (tertiary alicyclic amines) is 1. The van der Waals surface area contributed by atoms with Crippen molar-refractivity contribution in [2.45, 2.75) is 25.4 Å². The van der Waals surface area contributed by atoms with Crippen LogP contribution in [0.3, 0.4) is 0 Å². The van der Waals surface area contributed by atoms with Crippen LogP contribution in [0, 0.1) is 17.1 Å². The van der Waals surface area contributed by atoms with Crippen LogP contribution in [0.4, 0.5) is 4.39 Å². The molecule has 1 atom stereocenters. The molecule has 1 heterocycles. The van der Waals surface area contributed by atoms with E-state index in [1.807, 2.05) is 13.1 Å². The van der Waals surface area contributed by atoms with Gasteiger partial charge in [-0.2, -0.15) is 5.26 Å². The van der Waals surface area contributed by atoms with Crippen LogP contribution in [0.1, 0.15) is 24.0 Å². The molecular weight excluding hydrogens is 241 g/mol. The van der Waals surface area contributed by atoms with Crippen molar-refractivity contribution in [2.24, 2.45) is 0 Å². The fourth-order valence-corrected chi connectivity index (χ4v) is 2.67. The molecule has 1 saturated heterocycles. The second-order valence-electron chi connectivity index (χ2n) is 5.39. The SMILES string of the molecule is CN(Cc1ccc(C#N)cc1F)CC1CCCN1C. The van der Waals surface area contributed by atoms with E-state index in [2.05, 4.69) is 16.8 Å². The Hall–Kier alpha value is -1.44. The molecule has 0 aromatic heterocycles. The third-order valence-corrected chi connectivity index (χ3v) is 3.82. The summed E-state index contributed by atoms with van der Waals surface area (Å²) in [5, 5.41) is 8.72. The highest BCUT2D eigenvalue weighted by Crippen LogP contribution is 2.17. The lowest BCUT2D eigenvalue weighted by molar-refractivity contribution is 0.214. The Bertz CT molecular complexity index is 481. The summed E-state index contributed by atoms with van der Waals surface area (Å²) in [5.74, 6) is -0.286. The molecule has 0 bridgehead atoms. The first-order chi connectivity index (χ1) is 9.10. The lowest BCUT2D eigenvalue weighted by Gasteiger charge is -2.25. The summed E-state index contributed by atoms with van der Waals surface area (Å²) >= 11 is 0. The van der Waals surface area contributed by atoms with Crippen LogP contribution in [-0.4, -0.2) is 43.0 Å². The second-order valence-corrected chi connectivity index (χ2v) is 5.39. The normalized spacial score (nSPS) is 19.8. The largest absolute Gasteiger partial charge is 0.302 e. The molecule has 1 unspecified atom stereocenters. The van der Waals surface area contributed by atoms with Gasteiger partial charge in [-0.15, -0.1) is 0 Å². The molecule has 0 radical (unpaired) electrons. The predicted octanol–water partition coefficient (Wildman–Crippen LogP) is 2.22. The van der Waals surface area contributed by atoms with E-state index in [1.54, 1.807) is 12.1 Å². The highest BCUT2D eigenvalue weighted by atomic mass is 19.1. The molecule has 19 heavy (non-hydrogen) atoms. The van der Waals surface area contributed by atoms with Gasteiger partial charge in [-0.3, -0.25) is 0 Å². The fraction of sp³-hybridized carbons (Fsp3) is 0.533. The van der Waals surface area contributed by atoms with Gasteiger partial charge < -0.3 is 9.80 Å². The first kappa shape index (κ1) is 14.0. The third-order valence-electron chi connectivity index (χ3n) is 3.82. The van der Waals surface area contributed by atoms with Crippen molar-refractivity contribution in [2.75, 3.05) is 27.2 Å².